The molecule has 0 spiro atoms. The van der Waals surface area contributed by atoms with E-state index in [4.69, 9.17) is 5.73 Å². The van der Waals surface area contributed by atoms with Crippen LogP contribution in [-0.2, 0) is 6.42 Å². The van der Waals surface area contributed by atoms with Crippen LogP contribution in [0.2, 0.25) is 0 Å². The summed E-state index contributed by atoms with van der Waals surface area (Å²) in [5.41, 5.74) is 7.25. The third kappa shape index (κ3) is 9.45. The van der Waals surface area contributed by atoms with Crippen molar-refractivity contribution in [3.8, 4) is 0 Å². The fraction of sp³-hybridized carbons (Fsp3) is 0.650. The van der Waals surface area contributed by atoms with E-state index in [1.54, 1.807) is 0 Å². The molecule has 1 aliphatic rings. The van der Waals surface area contributed by atoms with Gasteiger partial charge < -0.3 is 16.0 Å². The molecule has 2 rings (SSSR count). The summed E-state index contributed by atoms with van der Waals surface area (Å²) in [6.45, 7) is 10.1. The van der Waals surface area contributed by atoms with Crippen LogP contribution in [0.25, 0.3) is 0 Å². The quantitative estimate of drug-likeness (QED) is 0.271. The fourth-order valence-electron chi connectivity index (χ4n) is 3.66. The number of aliphatic imine (C=N–C) groups is 1. The van der Waals surface area contributed by atoms with E-state index in [1.165, 1.54) is 38.0 Å². The topological polar surface area (TPSA) is 53.6 Å². The van der Waals surface area contributed by atoms with Crippen LogP contribution in [0.4, 0.5) is 0 Å². The minimum absolute atomic E-state index is 0. The van der Waals surface area contributed by atoms with Gasteiger partial charge in [0, 0.05) is 26.2 Å². The Bertz CT molecular complexity index is 482. The van der Waals surface area contributed by atoms with Crippen molar-refractivity contribution in [3.05, 3.63) is 35.9 Å². The first kappa shape index (κ1) is 22.2. The fourth-order valence-corrected chi connectivity index (χ4v) is 3.66. The van der Waals surface area contributed by atoms with E-state index >= 15 is 0 Å². The molecule has 1 heterocycles. The molecular formula is C20H35IN4. The summed E-state index contributed by atoms with van der Waals surface area (Å²) in [6, 6.07) is 10.4. The zero-order valence-electron chi connectivity index (χ0n) is 15.8. The van der Waals surface area contributed by atoms with Gasteiger partial charge in [-0.15, -0.1) is 24.0 Å². The van der Waals surface area contributed by atoms with Crippen LogP contribution in [0, 0.1) is 11.8 Å². The molecule has 1 aromatic rings. The van der Waals surface area contributed by atoms with Gasteiger partial charge in [0.2, 0.25) is 0 Å². The monoisotopic (exact) mass is 458 g/mol. The molecule has 4 nitrogen and oxygen atoms in total. The van der Waals surface area contributed by atoms with Crippen LogP contribution >= 0.6 is 24.0 Å². The zero-order chi connectivity index (χ0) is 17.2. The van der Waals surface area contributed by atoms with E-state index in [1.807, 2.05) is 6.07 Å². The lowest BCUT2D eigenvalue weighted by atomic mass is 9.92. The van der Waals surface area contributed by atoms with Gasteiger partial charge in [-0.3, -0.25) is 4.99 Å². The lowest BCUT2D eigenvalue weighted by molar-refractivity contribution is 0.139. The van der Waals surface area contributed by atoms with Crippen LogP contribution in [0.15, 0.2) is 35.3 Å². The van der Waals surface area contributed by atoms with Crippen LogP contribution < -0.4 is 11.1 Å². The van der Waals surface area contributed by atoms with Crippen molar-refractivity contribution >= 4 is 29.9 Å². The van der Waals surface area contributed by atoms with E-state index in [0.717, 1.165) is 37.8 Å². The Balaban J connectivity index is 0.00000312. The molecule has 1 saturated heterocycles. The highest BCUT2D eigenvalue weighted by molar-refractivity contribution is 14.0. The first-order chi connectivity index (χ1) is 11.6. The summed E-state index contributed by atoms with van der Waals surface area (Å²) in [4.78, 5) is 7.05. The molecule has 1 aliphatic heterocycles. The molecule has 0 aromatic heterocycles. The number of hydrogen-bond donors (Lipinski definition) is 2. The summed E-state index contributed by atoms with van der Waals surface area (Å²) in [5.74, 6) is 2.26. The molecule has 3 N–H and O–H groups in total. The van der Waals surface area contributed by atoms with Gasteiger partial charge in [-0.1, -0.05) is 44.2 Å². The average molecular weight is 458 g/mol. The van der Waals surface area contributed by atoms with Crippen molar-refractivity contribution in [2.24, 2.45) is 22.6 Å². The van der Waals surface area contributed by atoms with E-state index in [-0.39, 0.29) is 24.0 Å². The standard InChI is InChI=1S/C20H34N4.HI/c1-17-14-18(2)16-24(15-17)13-7-6-11-22-20(21)23-12-10-19-8-4-3-5-9-19;/h3-5,8-9,17-18H,6-7,10-16H2,1-2H3,(H3,21,22,23);1H. The molecule has 0 aliphatic carbocycles. The van der Waals surface area contributed by atoms with Crippen LogP contribution in [0.3, 0.4) is 0 Å². The number of nitrogens with one attached hydrogen (secondary N) is 1. The number of rotatable bonds is 8. The molecule has 2 unspecified atom stereocenters. The number of halogens is 1. The second-order valence-corrected chi connectivity index (χ2v) is 7.34. The second kappa shape index (κ2) is 12.5. The van der Waals surface area contributed by atoms with Gasteiger partial charge in [-0.25, -0.2) is 0 Å². The van der Waals surface area contributed by atoms with Crippen molar-refractivity contribution < 1.29 is 0 Å². The third-order valence-corrected chi connectivity index (χ3v) is 4.67. The minimum atomic E-state index is 0. The SMILES string of the molecule is CC1CC(C)CN(CCCCN=C(N)NCCc2ccccc2)C1.I. The Morgan fingerprint density at radius 2 is 1.84 bits per heavy atom. The molecular weight excluding hydrogens is 423 g/mol. The lowest BCUT2D eigenvalue weighted by Crippen LogP contribution is -2.39. The highest BCUT2D eigenvalue weighted by atomic mass is 127. The Kier molecular flexibility index (Phi) is 11.1. The Morgan fingerprint density at radius 1 is 1.16 bits per heavy atom. The highest BCUT2D eigenvalue weighted by Crippen LogP contribution is 2.20. The van der Waals surface area contributed by atoms with Gasteiger partial charge in [-0.2, -0.15) is 0 Å². The molecule has 25 heavy (non-hydrogen) atoms. The summed E-state index contributed by atoms with van der Waals surface area (Å²) in [7, 11) is 0. The van der Waals surface area contributed by atoms with Crippen LogP contribution in [0.5, 0.6) is 0 Å². The summed E-state index contributed by atoms with van der Waals surface area (Å²) in [5, 5.41) is 3.20. The van der Waals surface area contributed by atoms with Gasteiger partial charge in [0.1, 0.15) is 0 Å². The van der Waals surface area contributed by atoms with Gasteiger partial charge in [0.25, 0.3) is 0 Å². The van der Waals surface area contributed by atoms with Crippen LogP contribution in [-0.4, -0.2) is 43.6 Å². The van der Waals surface area contributed by atoms with Crippen LogP contribution in [0.1, 0.15) is 38.7 Å². The van der Waals surface area contributed by atoms with Crippen molar-refractivity contribution in [2.75, 3.05) is 32.7 Å². The van der Waals surface area contributed by atoms with Gasteiger partial charge in [-0.05, 0) is 49.6 Å². The molecule has 0 saturated carbocycles. The number of guanidine groups is 1. The van der Waals surface area contributed by atoms with E-state index < -0.39 is 0 Å². The Labute approximate surface area is 170 Å². The molecule has 1 fully saturated rings. The number of piperidine rings is 1. The van der Waals surface area contributed by atoms with E-state index in [2.05, 4.69) is 53.3 Å². The summed E-state index contributed by atoms with van der Waals surface area (Å²) < 4.78 is 0. The van der Waals surface area contributed by atoms with Gasteiger partial charge >= 0.3 is 0 Å². The lowest BCUT2D eigenvalue weighted by Gasteiger charge is -2.34. The zero-order valence-corrected chi connectivity index (χ0v) is 18.1. The third-order valence-electron chi connectivity index (χ3n) is 4.67. The highest BCUT2D eigenvalue weighted by Gasteiger charge is 2.20. The maximum atomic E-state index is 5.93. The molecule has 1 aromatic carbocycles. The first-order valence-corrected chi connectivity index (χ1v) is 9.43. The second-order valence-electron chi connectivity index (χ2n) is 7.34. The summed E-state index contributed by atoms with van der Waals surface area (Å²) in [6.07, 6.45) is 4.68. The van der Waals surface area contributed by atoms with Gasteiger partial charge in [0.15, 0.2) is 5.96 Å². The average Bonchev–Trinajstić information content (AvgIpc) is 2.54. The molecule has 0 radical (unpaired) electrons. The maximum Gasteiger partial charge on any atom is 0.188 e. The predicted molar refractivity (Wildman–Crippen MR) is 119 cm³/mol. The molecule has 142 valence electrons. The van der Waals surface area contributed by atoms with Crippen molar-refractivity contribution in [1.29, 1.82) is 0 Å². The normalized spacial score (nSPS) is 21.6. The molecule has 2 atom stereocenters. The van der Waals surface area contributed by atoms with E-state index in [0.29, 0.717) is 5.96 Å². The molecule has 0 bridgehead atoms. The van der Waals surface area contributed by atoms with Crippen molar-refractivity contribution in [1.82, 2.24) is 10.2 Å². The van der Waals surface area contributed by atoms with Crippen molar-refractivity contribution in [2.45, 2.75) is 39.5 Å². The first-order valence-electron chi connectivity index (χ1n) is 9.43. The Morgan fingerprint density at radius 3 is 2.52 bits per heavy atom. The molecule has 5 heteroatoms. The van der Waals surface area contributed by atoms with E-state index in [9.17, 15) is 0 Å². The number of hydrogen-bond acceptors (Lipinski definition) is 2. The number of nitrogens with zero attached hydrogens (tertiary/aromatic N) is 2. The number of likely N-dealkylation sites (tertiary alicyclic amines) is 1. The smallest absolute Gasteiger partial charge is 0.188 e. The number of nitrogens with two attached hydrogens (primary N) is 1. The maximum absolute atomic E-state index is 5.93. The minimum Gasteiger partial charge on any atom is -0.370 e. The molecule has 0 amide bonds. The predicted octanol–water partition coefficient (Wildman–Crippen LogP) is 3.51. The van der Waals surface area contributed by atoms with Gasteiger partial charge in [0.05, 0.1) is 0 Å². The summed E-state index contributed by atoms with van der Waals surface area (Å²) >= 11 is 0. The number of unbranched alkanes of at least 4 members (excludes halogenated alkanes) is 1. The largest absolute Gasteiger partial charge is 0.370 e. The number of benzene rings is 1. The Hall–Kier alpha value is -0.820. The van der Waals surface area contributed by atoms with Crippen molar-refractivity contribution in [3.63, 3.8) is 0 Å².